The number of aryl methyl sites for hydroxylation is 1. The van der Waals surface area contributed by atoms with Gasteiger partial charge in [-0.15, -0.1) is 12.4 Å². The van der Waals surface area contributed by atoms with E-state index in [9.17, 15) is 4.79 Å². The van der Waals surface area contributed by atoms with Gasteiger partial charge >= 0.3 is 0 Å². The van der Waals surface area contributed by atoms with Gasteiger partial charge in [0, 0.05) is 7.11 Å². The van der Waals surface area contributed by atoms with E-state index in [1.807, 2.05) is 38.1 Å². The minimum atomic E-state index is -0.642. The summed E-state index contributed by atoms with van der Waals surface area (Å²) in [4.78, 5) is 11.6. The average molecular weight is 303 g/mol. The fraction of sp³-hybridized carbons (Fsp3) is 0.500. The lowest BCUT2D eigenvalue weighted by Gasteiger charge is -2.17. The first-order chi connectivity index (χ1) is 9.02. The molecule has 1 aromatic carbocycles. The van der Waals surface area contributed by atoms with Crippen molar-refractivity contribution in [1.29, 1.82) is 0 Å². The van der Waals surface area contributed by atoms with Crippen LogP contribution in [0.15, 0.2) is 24.3 Å². The molecule has 0 fully saturated rings. The van der Waals surface area contributed by atoms with Gasteiger partial charge in [0.25, 0.3) is 0 Å². The lowest BCUT2D eigenvalue weighted by atomic mass is 10.2. The first-order valence-corrected chi connectivity index (χ1v) is 6.28. The highest BCUT2D eigenvalue weighted by atomic mass is 35.5. The third-order valence-electron chi connectivity index (χ3n) is 2.60. The van der Waals surface area contributed by atoms with E-state index in [2.05, 4.69) is 5.32 Å². The molecule has 0 aromatic heterocycles. The molecule has 0 saturated carbocycles. The Morgan fingerprint density at radius 3 is 2.50 bits per heavy atom. The second-order valence-corrected chi connectivity index (χ2v) is 4.55. The summed E-state index contributed by atoms with van der Waals surface area (Å²) in [5.74, 6) is 0.551. The van der Waals surface area contributed by atoms with Crippen LogP contribution in [-0.4, -0.2) is 38.3 Å². The highest BCUT2D eigenvalue weighted by Crippen LogP contribution is 2.12. The topological polar surface area (TPSA) is 73.6 Å². The largest absolute Gasteiger partial charge is 0.489 e. The number of hydrogen-bond acceptors (Lipinski definition) is 4. The van der Waals surface area contributed by atoms with Crippen LogP contribution < -0.4 is 15.8 Å². The lowest BCUT2D eigenvalue weighted by Crippen LogP contribution is -2.46. The molecule has 2 unspecified atom stereocenters. The van der Waals surface area contributed by atoms with Crippen LogP contribution in [0.1, 0.15) is 12.5 Å². The molecule has 6 heteroatoms. The molecule has 0 saturated heterocycles. The van der Waals surface area contributed by atoms with Crippen LogP contribution in [-0.2, 0) is 9.53 Å². The number of rotatable bonds is 7. The maximum absolute atomic E-state index is 11.6. The molecule has 5 nitrogen and oxygen atoms in total. The highest BCUT2D eigenvalue weighted by molar-refractivity contribution is 5.85. The molecule has 0 spiro atoms. The predicted octanol–water partition coefficient (Wildman–Crippen LogP) is 1.27. The van der Waals surface area contributed by atoms with E-state index in [1.165, 1.54) is 12.7 Å². The number of nitrogens with two attached hydrogens (primary N) is 1. The Morgan fingerprint density at radius 2 is 1.95 bits per heavy atom. The van der Waals surface area contributed by atoms with Crippen LogP contribution in [0.2, 0.25) is 0 Å². The number of carbonyl (C=O) groups excluding carboxylic acids is 1. The monoisotopic (exact) mass is 302 g/mol. The predicted molar refractivity (Wildman–Crippen MR) is 81.4 cm³/mol. The fourth-order valence-corrected chi connectivity index (χ4v) is 1.52. The second-order valence-electron chi connectivity index (χ2n) is 4.55. The van der Waals surface area contributed by atoms with Crippen molar-refractivity contribution in [2.24, 2.45) is 5.73 Å². The number of benzene rings is 1. The Bertz CT molecular complexity index is 398. The number of ether oxygens (including phenoxy) is 2. The van der Waals surface area contributed by atoms with Gasteiger partial charge in [-0.05, 0) is 26.0 Å². The number of amides is 1. The van der Waals surface area contributed by atoms with E-state index in [1.54, 1.807) is 0 Å². The first kappa shape index (κ1) is 18.7. The zero-order valence-corrected chi connectivity index (χ0v) is 12.9. The quantitative estimate of drug-likeness (QED) is 0.795. The number of carbonyl (C=O) groups is 1. The van der Waals surface area contributed by atoms with Crippen molar-refractivity contribution in [3.05, 3.63) is 29.8 Å². The number of hydrogen-bond donors (Lipinski definition) is 2. The second kappa shape index (κ2) is 9.58. The molecule has 1 amide bonds. The third kappa shape index (κ3) is 6.75. The zero-order chi connectivity index (χ0) is 14.3. The summed E-state index contributed by atoms with van der Waals surface area (Å²) in [5.41, 5.74) is 6.78. The van der Waals surface area contributed by atoms with Gasteiger partial charge < -0.3 is 20.5 Å². The summed E-state index contributed by atoms with van der Waals surface area (Å²) in [5, 5.41) is 2.73. The maximum atomic E-state index is 11.6. The Hall–Kier alpha value is -1.30. The Balaban J connectivity index is 0.00000361. The number of nitrogens with one attached hydrogen (secondary N) is 1. The van der Waals surface area contributed by atoms with Gasteiger partial charge in [0.15, 0.2) is 0 Å². The summed E-state index contributed by atoms with van der Waals surface area (Å²) in [6, 6.07) is 7.13. The van der Waals surface area contributed by atoms with Gasteiger partial charge in [-0.2, -0.15) is 0 Å². The van der Waals surface area contributed by atoms with Gasteiger partial charge in [-0.1, -0.05) is 17.7 Å². The van der Waals surface area contributed by atoms with E-state index in [-0.39, 0.29) is 31.0 Å². The third-order valence-corrected chi connectivity index (χ3v) is 2.60. The van der Waals surface area contributed by atoms with Crippen molar-refractivity contribution in [2.75, 3.05) is 20.3 Å². The van der Waals surface area contributed by atoms with Crippen molar-refractivity contribution >= 4 is 18.3 Å². The van der Waals surface area contributed by atoms with Crippen LogP contribution in [0.3, 0.4) is 0 Å². The smallest absolute Gasteiger partial charge is 0.239 e. The van der Waals surface area contributed by atoms with E-state index in [4.69, 9.17) is 15.2 Å². The molecule has 2 atom stereocenters. The van der Waals surface area contributed by atoms with Gasteiger partial charge in [0.1, 0.15) is 17.9 Å². The molecule has 0 aliphatic rings. The summed E-state index contributed by atoms with van der Waals surface area (Å²) in [6.07, 6.45) is -0.124. The van der Waals surface area contributed by atoms with Crippen LogP contribution in [0.5, 0.6) is 5.75 Å². The van der Waals surface area contributed by atoms with Gasteiger partial charge in [0.05, 0.1) is 13.2 Å². The molecule has 3 N–H and O–H groups in total. The van der Waals surface area contributed by atoms with Crippen LogP contribution >= 0.6 is 12.4 Å². The summed E-state index contributed by atoms with van der Waals surface area (Å²) in [7, 11) is 1.51. The van der Waals surface area contributed by atoms with Crippen molar-refractivity contribution in [3.8, 4) is 5.75 Å². The molecular formula is C14H23ClN2O3. The number of halogens is 1. The van der Waals surface area contributed by atoms with Crippen LogP contribution in [0.4, 0.5) is 0 Å². The van der Waals surface area contributed by atoms with Gasteiger partial charge in [0.2, 0.25) is 5.91 Å². The van der Waals surface area contributed by atoms with Crippen molar-refractivity contribution < 1.29 is 14.3 Å². The molecule has 0 bridgehead atoms. The van der Waals surface area contributed by atoms with Gasteiger partial charge in [-0.3, -0.25) is 4.79 Å². The fourth-order valence-electron chi connectivity index (χ4n) is 1.52. The molecule has 0 aliphatic heterocycles. The Kier molecular flexibility index (Phi) is 8.96. The molecular weight excluding hydrogens is 280 g/mol. The molecule has 0 heterocycles. The summed E-state index contributed by atoms with van der Waals surface area (Å²) < 4.78 is 10.5. The molecule has 20 heavy (non-hydrogen) atoms. The highest BCUT2D eigenvalue weighted by Gasteiger charge is 2.14. The first-order valence-electron chi connectivity index (χ1n) is 6.28. The Morgan fingerprint density at radius 1 is 1.35 bits per heavy atom. The maximum Gasteiger partial charge on any atom is 0.239 e. The van der Waals surface area contributed by atoms with E-state index in [0.29, 0.717) is 6.54 Å². The molecule has 0 radical (unpaired) electrons. The Labute approximate surface area is 126 Å². The summed E-state index contributed by atoms with van der Waals surface area (Å²) in [6.45, 7) is 4.52. The van der Waals surface area contributed by atoms with Crippen molar-refractivity contribution in [2.45, 2.75) is 26.0 Å². The van der Waals surface area contributed by atoms with Crippen LogP contribution in [0, 0.1) is 6.92 Å². The molecule has 1 rings (SSSR count). The normalized spacial score (nSPS) is 13.0. The van der Waals surface area contributed by atoms with E-state index in [0.717, 1.165) is 5.75 Å². The SMILES string of the molecule is COCC(N)C(=O)NCC(C)Oc1ccc(C)cc1.Cl. The zero-order valence-electron chi connectivity index (χ0n) is 12.1. The molecule has 0 aliphatic carbocycles. The lowest BCUT2D eigenvalue weighted by molar-refractivity contribution is -0.123. The minimum Gasteiger partial charge on any atom is -0.489 e. The standard InChI is InChI=1S/C14H22N2O3.ClH/c1-10-4-6-12(7-5-10)19-11(2)8-16-14(17)13(15)9-18-3;/h4-7,11,13H,8-9,15H2,1-3H3,(H,16,17);1H. The van der Waals surface area contributed by atoms with Gasteiger partial charge in [-0.25, -0.2) is 0 Å². The van der Waals surface area contributed by atoms with Crippen molar-refractivity contribution in [3.63, 3.8) is 0 Å². The number of methoxy groups -OCH3 is 1. The summed E-state index contributed by atoms with van der Waals surface area (Å²) >= 11 is 0. The molecule has 1 aromatic rings. The minimum absolute atomic E-state index is 0. The average Bonchev–Trinajstić information content (AvgIpc) is 2.39. The van der Waals surface area contributed by atoms with E-state index < -0.39 is 6.04 Å². The van der Waals surface area contributed by atoms with Crippen molar-refractivity contribution in [1.82, 2.24) is 5.32 Å². The van der Waals surface area contributed by atoms with E-state index >= 15 is 0 Å². The molecule has 114 valence electrons. The van der Waals surface area contributed by atoms with Crippen LogP contribution in [0.25, 0.3) is 0 Å².